The molecule has 2 heterocycles. The van der Waals surface area contributed by atoms with Crippen LogP contribution in [0.2, 0.25) is 0 Å². The van der Waals surface area contributed by atoms with Crippen LogP contribution in [0.3, 0.4) is 0 Å². The topological polar surface area (TPSA) is 60.9 Å². The minimum absolute atomic E-state index is 0.0336. The number of amides is 3. The van der Waals surface area contributed by atoms with Crippen molar-refractivity contribution < 1.29 is 18.8 Å². The van der Waals surface area contributed by atoms with Crippen LogP contribution in [0.15, 0.2) is 66.0 Å². The number of benzene rings is 2. The molecule has 1 aliphatic heterocycles. The van der Waals surface area contributed by atoms with Crippen molar-refractivity contribution in [2.75, 3.05) is 38.1 Å². The molecule has 4 rings (SSSR count). The van der Waals surface area contributed by atoms with Gasteiger partial charge >= 0.3 is 0 Å². The van der Waals surface area contributed by atoms with Crippen molar-refractivity contribution in [1.82, 2.24) is 9.80 Å². The molecular weight excluding hydrogens is 429 g/mol. The van der Waals surface area contributed by atoms with Crippen LogP contribution < -0.4 is 4.90 Å². The lowest BCUT2D eigenvalue weighted by atomic mass is 10.1. The summed E-state index contributed by atoms with van der Waals surface area (Å²) in [6.07, 6.45) is 0. The SMILES string of the molecule is CN(C(=O)c1cccs1)c1ccccc1C(=O)N1CCN(C(=O)c2ccccc2F)CC1. The highest BCUT2D eigenvalue weighted by atomic mass is 32.1. The second kappa shape index (κ2) is 9.32. The number of nitrogens with zero attached hydrogens (tertiary/aromatic N) is 3. The van der Waals surface area contributed by atoms with E-state index in [4.69, 9.17) is 0 Å². The van der Waals surface area contributed by atoms with Crippen LogP contribution in [0.1, 0.15) is 30.4 Å². The van der Waals surface area contributed by atoms with Crippen molar-refractivity contribution in [3.05, 3.63) is 87.9 Å². The fourth-order valence-electron chi connectivity index (χ4n) is 3.71. The van der Waals surface area contributed by atoms with Crippen LogP contribution in [-0.2, 0) is 0 Å². The van der Waals surface area contributed by atoms with Gasteiger partial charge in [-0.1, -0.05) is 30.3 Å². The molecule has 32 heavy (non-hydrogen) atoms. The van der Waals surface area contributed by atoms with Gasteiger partial charge in [0.15, 0.2) is 0 Å². The van der Waals surface area contributed by atoms with Gasteiger partial charge in [-0.15, -0.1) is 11.3 Å². The third-order valence-corrected chi connectivity index (χ3v) is 6.35. The van der Waals surface area contributed by atoms with Crippen LogP contribution >= 0.6 is 11.3 Å². The van der Waals surface area contributed by atoms with Gasteiger partial charge in [-0.25, -0.2) is 4.39 Å². The van der Waals surface area contributed by atoms with E-state index in [9.17, 15) is 18.8 Å². The number of carbonyl (C=O) groups is 3. The first-order valence-electron chi connectivity index (χ1n) is 10.2. The summed E-state index contributed by atoms with van der Waals surface area (Å²) in [5, 5.41) is 1.83. The average molecular weight is 452 g/mol. The predicted molar refractivity (Wildman–Crippen MR) is 122 cm³/mol. The summed E-state index contributed by atoms with van der Waals surface area (Å²) in [6.45, 7) is 1.28. The smallest absolute Gasteiger partial charge is 0.268 e. The minimum atomic E-state index is -0.552. The van der Waals surface area contributed by atoms with Gasteiger partial charge in [-0.2, -0.15) is 0 Å². The number of carbonyl (C=O) groups excluding carboxylic acids is 3. The van der Waals surface area contributed by atoms with Gasteiger partial charge < -0.3 is 14.7 Å². The Morgan fingerprint density at radius 2 is 1.38 bits per heavy atom. The fourth-order valence-corrected chi connectivity index (χ4v) is 4.41. The molecule has 1 saturated heterocycles. The zero-order valence-electron chi connectivity index (χ0n) is 17.5. The van der Waals surface area contributed by atoms with Crippen molar-refractivity contribution in [2.24, 2.45) is 0 Å². The second-order valence-electron chi connectivity index (χ2n) is 7.42. The van der Waals surface area contributed by atoms with Gasteiger partial charge in [0.2, 0.25) is 0 Å². The lowest BCUT2D eigenvalue weighted by Crippen LogP contribution is -2.51. The zero-order chi connectivity index (χ0) is 22.7. The number of thiophene rings is 1. The van der Waals surface area contributed by atoms with Gasteiger partial charge in [0.05, 0.1) is 21.7 Å². The normalized spacial score (nSPS) is 13.7. The Labute approximate surface area is 189 Å². The molecule has 0 aliphatic carbocycles. The van der Waals surface area contributed by atoms with Gasteiger partial charge in [-0.05, 0) is 35.7 Å². The predicted octanol–water partition coefficient (Wildman–Crippen LogP) is 3.76. The number of halogens is 1. The monoisotopic (exact) mass is 451 g/mol. The number of rotatable bonds is 4. The van der Waals surface area contributed by atoms with Crippen molar-refractivity contribution in [3.8, 4) is 0 Å². The van der Waals surface area contributed by atoms with Crippen LogP contribution in [-0.4, -0.2) is 60.7 Å². The summed E-state index contributed by atoms with van der Waals surface area (Å²) in [5.74, 6) is -1.31. The number of anilines is 1. The van der Waals surface area contributed by atoms with Crippen LogP contribution in [0.4, 0.5) is 10.1 Å². The molecule has 0 N–H and O–H groups in total. The minimum Gasteiger partial charge on any atom is -0.335 e. The fraction of sp³-hybridized carbons (Fsp3) is 0.208. The molecule has 164 valence electrons. The maximum atomic E-state index is 14.0. The van der Waals surface area contributed by atoms with E-state index in [-0.39, 0.29) is 23.3 Å². The summed E-state index contributed by atoms with van der Waals surface area (Å²) in [7, 11) is 1.65. The van der Waals surface area contributed by atoms with E-state index in [1.165, 1.54) is 28.4 Å². The van der Waals surface area contributed by atoms with E-state index in [1.54, 1.807) is 59.3 Å². The first-order chi connectivity index (χ1) is 15.5. The highest BCUT2D eigenvalue weighted by molar-refractivity contribution is 7.12. The Hall–Kier alpha value is -3.52. The molecule has 1 aliphatic rings. The highest BCUT2D eigenvalue weighted by Crippen LogP contribution is 2.24. The van der Waals surface area contributed by atoms with Crippen LogP contribution in [0.5, 0.6) is 0 Å². The Morgan fingerprint density at radius 1 is 0.812 bits per heavy atom. The van der Waals surface area contributed by atoms with E-state index in [0.29, 0.717) is 42.3 Å². The molecule has 0 saturated carbocycles. The first-order valence-corrected chi connectivity index (χ1v) is 11.1. The Kier molecular flexibility index (Phi) is 6.32. The van der Waals surface area contributed by atoms with Crippen LogP contribution in [0, 0.1) is 5.82 Å². The van der Waals surface area contributed by atoms with Crippen molar-refractivity contribution in [1.29, 1.82) is 0 Å². The number of hydrogen-bond acceptors (Lipinski definition) is 4. The summed E-state index contributed by atoms with van der Waals surface area (Å²) in [5.41, 5.74) is 0.987. The van der Waals surface area contributed by atoms with Crippen molar-refractivity contribution in [2.45, 2.75) is 0 Å². The molecule has 0 spiro atoms. The van der Waals surface area contributed by atoms with E-state index in [2.05, 4.69) is 0 Å². The summed E-state index contributed by atoms with van der Waals surface area (Å²) < 4.78 is 14.0. The molecule has 3 aromatic rings. The lowest BCUT2D eigenvalue weighted by Gasteiger charge is -2.35. The molecule has 1 aromatic heterocycles. The molecule has 1 fully saturated rings. The second-order valence-corrected chi connectivity index (χ2v) is 8.37. The molecule has 3 amide bonds. The standard InChI is InChI=1S/C24H22FN3O3S/c1-26(24(31)21-11-6-16-32-21)20-10-5-3-8-18(20)23(30)28-14-12-27(13-15-28)22(29)17-7-2-4-9-19(17)25/h2-11,16H,12-15H2,1H3. The van der Waals surface area contributed by atoms with Crippen molar-refractivity contribution in [3.63, 3.8) is 0 Å². The Balaban J connectivity index is 1.47. The molecule has 0 radical (unpaired) electrons. The Morgan fingerprint density at radius 3 is 1.97 bits per heavy atom. The summed E-state index contributed by atoms with van der Waals surface area (Å²) in [4.78, 5) is 44.0. The van der Waals surface area contributed by atoms with Gasteiger partial charge in [0, 0.05) is 33.2 Å². The maximum Gasteiger partial charge on any atom is 0.268 e. The largest absolute Gasteiger partial charge is 0.335 e. The van der Waals surface area contributed by atoms with E-state index < -0.39 is 5.82 Å². The molecule has 6 nitrogen and oxygen atoms in total. The highest BCUT2D eigenvalue weighted by Gasteiger charge is 2.29. The molecule has 0 unspecified atom stereocenters. The Bertz CT molecular complexity index is 1140. The average Bonchev–Trinajstić information content (AvgIpc) is 3.38. The zero-order valence-corrected chi connectivity index (χ0v) is 18.3. The van der Waals surface area contributed by atoms with Gasteiger partial charge in [0.1, 0.15) is 5.82 Å². The number of para-hydroxylation sites is 1. The van der Waals surface area contributed by atoms with E-state index in [1.807, 2.05) is 11.4 Å². The molecular formula is C24H22FN3O3S. The van der Waals surface area contributed by atoms with E-state index >= 15 is 0 Å². The van der Waals surface area contributed by atoms with E-state index in [0.717, 1.165) is 0 Å². The first kappa shape index (κ1) is 21.7. The molecule has 2 aromatic carbocycles. The lowest BCUT2D eigenvalue weighted by molar-refractivity contribution is 0.0533. The third-order valence-electron chi connectivity index (χ3n) is 5.49. The quantitative estimate of drug-likeness (QED) is 0.607. The van der Waals surface area contributed by atoms with Crippen LogP contribution in [0.25, 0.3) is 0 Å². The number of piperazine rings is 1. The molecule has 0 atom stereocenters. The maximum absolute atomic E-state index is 14.0. The van der Waals surface area contributed by atoms with Gasteiger partial charge in [0.25, 0.3) is 17.7 Å². The van der Waals surface area contributed by atoms with Crippen molar-refractivity contribution >= 4 is 34.7 Å². The third kappa shape index (κ3) is 4.27. The molecule has 8 heteroatoms. The summed E-state index contributed by atoms with van der Waals surface area (Å²) >= 11 is 1.35. The summed E-state index contributed by atoms with van der Waals surface area (Å²) in [6, 6.07) is 16.5. The number of hydrogen-bond donors (Lipinski definition) is 0. The molecule has 0 bridgehead atoms. The van der Waals surface area contributed by atoms with Gasteiger partial charge in [-0.3, -0.25) is 14.4 Å².